The average Bonchev–Trinajstić information content (AvgIpc) is 2.92. The highest BCUT2D eigenvalue weighted by Gasteiger charge is 2.14. The Morgan fingerprint density at radius 2 is 1.24 bits per heavy atom. The number of carbonyl (C=O) groups is 2. The van der Waals surface area contributed by atoms with Crippen molar-refractivity contribution in [1.29, 1.82) is 0 Å². The Kier molecular flexibility index (Phi) is 27.3. The second-order valence-electron chi connectivity index (χ2n) is 11.8. The van der Waals surface area contributed by atoms with Gasteiger partial charge in [0, 0.05) is 34.3 Å². The highest BCUT2D eigenvalue weighted by Crippen LogP contribution is 2.11. The summed E-state index contributed by atoms with van der Waals surface area (Å²) in [5.74, 6) is -0.187. The number of amides is 1. The number of rotatable bonds is 28. The van der Waals surface area contributed by atoms with Crippen molar-refractivity contribution in [1.82, 2.24) is 5.32 Å². The van der Waals surface area contributed by atoms with Crippen LogP contribution in [0.4, 0.5) is 4.79 Å². The Morgan fingerprint density at radius 1 is 0.683 bits per heavy atom. The van der Waals surface area contributed by atoms with Crippen molar-refractivity contribution in [3.8, 4) is 0 Å². The summed E-state index contributed by atoms with van der Waals surface area (Å²) in [4.78, 5) is 24.0. The molecule has 0 aliphatic carbocycles. The van der Waals surface area contributed by atoms with Crippen LogP contribution in [0.1, 0.15) is 110 Å². The average molecular weight is 598 g/mol. The minimum Gasteiger partial charge on any atom is -0.466 e. The largest absolute Gasteiger partial charge is 0.466 e. The summed E-state index contributed by atoms with van der Waals surface area (Å²) in [7, 11) is -1.17. The first-order chi connectivity index (χ1) is 19.8. The topological polar surface area (TPSA) is 83.1 Å². The van der Waals surface area contributed by atoms with E-state index in [0.717, 1.165) is 89.5 Å². The smallest absolute Gasteiger partial charge is 0.407 e. The van der Waals surface area contributed by atoms with Crippen molar-refractivity contribution in [2.24, 2.45) is 0 Å². The summed E-state index contributed by atoms with van der Waals surface area (Å²) in [6.07, 6.45) is 22.3. The van der Waals surface area contributed by atoms with Crippen LogP contribution in [0.15, 0.2) is 24.3 Å². The quantitative estimate of drug-likeness (QED) is 0.0319. The predicted octanol–water partition coefficient (Wildman–Crippen LogP) is 8.96. The van der Waals surface area contributed by atoms with Gasteiger partial charge in [-0.2, -0.15) is 0 Å². The molecule has 1 amide bonds. The number of ether oxygens (including phenoxy) is 4. The molecule has 0 aliphatic rings. The van der Waals surface area contributed by atoms with Crippen LogP contribution in [0.3, 0.4) is 0 Å². The molecule has 0 aliphatic heterocycles. The van der Waals surface area contributed by atoms with Gasteiger partial charge in [0.25, 0.3) is 0 Å². The van der Waals surface area contributed by atoms with Gasteiger partial charge in [-0.25, -0.2) is 4.79 Å². The molecule has 0 atom stereocenters. The third kappa shape index (κ3) is 31.1. The van der Waals surface area contributed by atoms with E-state index >= 15 is 0 Å². The van der Waals surface area contributed by atoms with E-state index in [-0.39, 0.29) is 18.4 Å². The zero-order chi connectivity index (χ0) is 30.4. The van der Waals surface area contributed by atoms with Gasteiger partial charge in [0.05, 0.1) is 19.6 Å². The molecule has 41 heavy (non-hydrogen) atoms. The van der Waals surface area contributed by atoms with Gasteiger partial charge in [-0.05, 0) is 70.3 Å². The van der Waals surface area contributed by atoms with Crippen molar-refractivity contribution < 1.29 is 28.5 Å². The van der Waals surface area contributed by atoms with E-state index in [1.165, 1.54) is 0 Å². The molecule has 1 N–H and O–H groups in total. The van der Waals surface area contributed by atoms with Crippen LogP contribution in [-0.4, -0.2) is 59.4 Å². The first kappa shape index (κ1) is 39.4. The molecule has 7 nitrogen and oxygen atoms in total. The molecule has 0 saturated heterocycles. The van der Waals surface area contributed by atoms with Crippen LogP contribution in [0.5, 0.6) is 0 Å². The molecular weight excluding hydrogens is 534 g/mol. The SMILES string of the molecule is CC/C=C\CCCCOC(CCC(=O)OCCCCCCCNC(=O)OCC[Si](C)(C)C)OCCCC/C=C\CC. The van der Waals surface area contributed by atoms with Crippen molar-refractivity contribution in [2.75, 3.05) is 33.0 Å². The van der Waals surface area contributed by atoms with Crippen LogP contribution in [0.2, 0.25) is 25.7 Å². The molecule has 8 heteroatoms. The lowest BCUT2D eigenvalue weighted by Crippen LogP contribution is -2.28. The Labute approximate surface area is 253 Å². The fourth-order valence-corrected chi connectivity index (χ4v) is 4.60. The zero-order valence-electron chi connectivity index (χ0n) is 27.2. The molecule has 0 aromatic carbocycles. The lowest BCUT2D eigenvalue weighted by atomic mass is 10.1. The molecule has 0 fully saturated rings. The summed E-state index contributed by atoms with van der Waals surface area (Å²) >= 11 is 0. The highest BCUT2D eigenvalue weighted by atomic mass is 28.3. The number of alkyl carbamates (subject to hydrolysis) is 1. The number of hydrogen-bond donors (Lipinski definition) is 1. The number of unbranched alkanes of at least 4 members (excludes halogenated alkanes) is 8. The number of esters is 1. The van der Waals surface area contributed by atoms with E-state index in [4.69, 9.17) is 18.9 Å². The number of nitrogens with one attached hydrogen (secondary N) is 1. The lowest BCUT2D eigenvalue weighted by Gasteiger charge is -2.18. The summed E-state index contributed by atoms with van der Waals surface area (Å²) in [6.45, 7) is 14.0. The number of allylic oxidation sites excluding steroid dienone is 4. The fraction of sp³-hybridized carbons (Fsp3) is 0.818. The van der Waals surface area contributed by atoms with E-state index < -0.39 is 8.07 Å². The van der Waals surface area contributed by atoms with Gasteiger partial charge in [-0.3, -0.25) is 4.79 Å². The van der Waals surface area contributed by atoms with Crippen LogP contribution in [0, 0.1) is 0 Å². The Balaban J connectivity index is 3.96. The van der Waals surface area contributed by atoms with Crippen LogP contribution >= 0.6 is 0 Å². The maximum atomic E-state index is 12.3. The molecule has 0 spiro atoms. The predicted molar refractivity (Wildman–Crippen MR) is 173 cm³/mol. The van der Waals surface area contributed by atoms with Gasteiger partial charge in [-0.1, -0.05) is 77.1 Å². The van der Waals surface area contributed by atoms with Crippen molar-refractivity contribution >= 4 is 20.1 Å². The summed E-state index contributed by atoms with van der Waals surface area (Å²) in [5.41, 5.74) is 0. The standard InChI is InChI=1S/C33H63NO6Si/c1-6-8-10-12-16-21-27-38-32(39-28-22-17-13-11-9-7-2)24-23-31(35)37-26-20-18-14-15-19-25-34-33(36)40-29-30-41(3,4)5/h8-11,32H,6-7,12-30H2,1-5H3,(H,34,36)/b10-8-,11-9-. The van der Waals surface area contributed by atoms with E-state index in [2.05, 4.69) is 63.1 Å². The summed E-state index contributed by atoms with van der Waals surface area (Å²) in [5, 5.41) is 2.82. The van der Waals surface area contributed by atoms with Gasteiger partial charge >= 0.3 is 12.1 Å². The molecule has 0 bridgehead atoms. The molecular formula is C33H63NO6Si. The monoisotopic (exact) mass is 597 g/mol. The van der Waals surface area contributed by atoms with Crippen molar-refractivity contribution in [2.45, 2.75) is 142 Å². The molecule has 0 rings (SSSR count). The van der Waals surface area contributed by atoms with Crippen molar-refractivity contribution in [3.63, 3.8) is 0 Å². The number of carbonyl (C=O) groups excluding carboxylic acids is 2. The highest BCUT2D eigenvalue weighted by molar-refractivity contribution is 6.76. The van der Waals surface area contributed by atoms with Crippen molar-refractivity contribution in [3.05, 3.63) is 24.3 Å². The Hall–Kier alpha value is -1.64. The zero-order valence-corrected chi connectivity index (χ0v) is 28.2. The van der Waals surface area contributed by atoms with Gasteiger partial charge in [-0.15, -0.1) is 0 Å². The van der Waals surface area contributed by atoms with Gasteiger partial charge in [0.15, 0.2) is 6.29 Å². The molecule has 0 saturated carbocycles. The molecule has 0 aromatic heterocycles. The third-order valence-corrected chi connectivity index (χ3v) is 8.17. The molecule has 0 unspecified atom stereocenters. The lowest BCUT2D eigenvalue weighted by molar-refractivity contribution is -0.159. The molecule has 240 valence electrons. The van der Waals surface area contributed by atoms with Crippen LogP contribution in [-0.2, 0) is 23.7 Å². The van der Waals surface area contributed by atoms with Gasteiger partial charge in [0.2, 0.25) is 0 Å². The van der Waals surface area contributed by atoms with E-state index in [0.29, 0.717) is 45.8 Å². The summed E-state index contributed by atoms with van der Waals surface area (Å²) in [6, 6.07) is 0.988. The maximum Gasteiger partial charge on any atom is 0.407 e. The minimum absolute atomic E-state index is 0.187. The van der Waals surface area contributed by atoms with Crippen LogP contribution < -0.4 is 5.32 Å². The fourth-order valence-electron chi connectivity index (χ4n) is 3.88. The van der Waals surface area contributed by atoms with E-state index in [1.54, 1.807) is 0 Å². The first-order valence-corrected chi connectivity index (χ1v) is 20.1. The minimum atomic E-state index is -1.17. The Bertz CT molecular complexity index is 653. The van der Waals surface area contributed by atoms with E-state index in [1.807, 2.05) is 0 Å². The molecule has 0 radical (unpaired) electrons. The second-order valence-corrected chi connectivity index (χ2v) is 17.4. The third-order valence-electron chi connectivity index (χ3n) is 6.47. The normalized spacial score (nSPS) is 12.0. The molecule has 0 heterocycles. The Morgan fingerprint density at radius 3 is 1.83 bits per heavy atom. The van der Waals surface area contributed by atoms with Crippen LogP contribution in [0.25, 0.3) is 0 Å². The maximum absolute atomic E-state index is 12.3. The molecule has 0 aromatic rings. The van der Waals surface area contributed by atoms with Gasteiger partial charge in [0.1, 0.15) is 0 Å². The first-order valence-electron chi connectivity index (χ1n) is 16.4. The summed E-state index contributed by atoms with van der Waals surface area (Å²) < 4.78 is 22.6. The van der Waals surface area contributed by atoms with Gasteiger partial charge < -0.3 is 24.3 Å². The van der Waals surface area contributed by atoms with E-state index in [9.17, 15) is 9.59 Å². The second kappa shape index (κ2) is 28.5. The number of hydrogen-bond acceptors (Lipinski definition) is 6.